The van der Waals surface area contributed by atoms with Crippen molar-refractivity contribution < 1.29 is 4.74 Å². The highest BCUT2D eigenvalue weighted by Crippen LogP contribution is 2.29. The first-order valence-corrected chi connectivity index (χ1v) is 8.99. The van der Waals surface area contributed by atoms with Gasteiger partial charge in [-0.05, 0) is 42.6 Å². The molecule has 2 N–H and O–H groups in total. The van der Waals surface area contributed by atoms with Crippen molar-refractivity contribution in [3.8, 4) is 5.75 Å². The minimum absolute atomic E-state index is 0.140. The van der Waals surface area contributed by atoms with E-state index in [0.29, 0.717) is 6.04 Å². The van der Waals surface area contributed by atoms with E-state index < -0.39 is 0 Å². The molecule has 0 spiro atoms. The lowest BCUT2D eigenvalue weighted by molar-refractivity contribution is 0.169. The third kappa shape index (κ3) is 3.68. The molecule has 0 amide bonds. The van der Waals surface area contributed by atoms with Crippen LogP contribution < -0.4 is 15.4 Å². The third-order valence-electron chi connectivity index (χ3n) is 4.48. The van der Waals surface area contributed by atoms with Crippen LogP contribution in [0.2, 0.25) is 0 Å². The van der Waals surface area contributed by atoms with Gasteiger partial charge in [-0.2, -0.15) is 0 Å². The second-order valence-corrected chi connectivity index (χ2v) is 7.02. The molecule has 2 aromatic rings. The minimum atomic E-state index is 0.140. The van der Waals surface area contributed by atoms with E-state index >= 15 is 0 Å². The van der Waals surface area contributed by atoms with Crippen molar-refractivity contribution in [3.05, 3.63) is 46.7 Å². The standard InChI is InChI=1S/C18H25N3OS/c1-14(19)18(17-4-3-13-23-17)21-11-9-20(10-12-21)15-5-7-16(22-2)8-6-15/h3-8,13-14,18H,9-12,19H2,1-2H3/t14-,18-/m1/s1. The lowest BCUT2D eigenvalue weighted by atomic mass is 10.1. The summed E-state index contributed by atoms with van der Waals surface area (Å²) in [4.78, 5) is 6.33. The predicted molar refractivity (Wildman–Crippen MR) is 97.5 cm³/mol. The Balaban J connectivity index is 1.65. The Labute approximate surface area is 142 Å². The highest BCUT2D eigenvalue weighted by Gasteiger charge is 2.28. The number of anilines is 1. The number of piperazine rings is 1. The molecule has 1 aromatic heterocycles. The van der Waals surface area contributed by atoms with Gasteiger partial charge in [-0.25, -0.2) is 0 Å². The first-order chi connectivity index (χ1) is 11.2. The molecule has 1 aromatic carbocycles. The summed E-state index contributed by atoms with van der Waals surface area (Å²) < 4.78 is 5.23. The lowest BCUT2D eigenvalue weighted by Crippen LogP contribution is -2.50. The molecule has 0 bridgehead atoms. The number of benzene rings is 1. The van der Waals surface area contributed by atoms with E-state index in [1.54, 1.807) is 18.4 Å². The van der Waals surface area contributed by atoms with Crippen LogP contribution in [0.1, 0.15) is 17.8 Å². The van der Waals surface area contributed by atoms with Gasteiger partial charge in [0.15, 0.2) is 0 Å². The Morgan fingerprint density at radius 1 is 1.09 bits per heavy atom. The number of thiophene rings is 1. The smallest absolute Gasteiger partial charge is 0.119 e. The molecule has 2 heterocycles. The molecule has 23 heavy (non-hydrogen) atoms. The summed E-state index contributed by atoms with van der Waals surface area (Å²) in [5.74, 6) is 0.905. The van der Waals surface area contributed by atoms with Crippen LogP contribution in [0.15, 0.2) is 41.8 Å². The molecular weight excluding hydrogens is 306 g/mol. The zero-order valence-corrected chi connectivity index (χ0v) is 14.6. The second-order valence-electron chi connectivity index (χ2n) is 6.04. The van der Waals surface area contributed by atoms with Gasteiger partial charge in [-0.3, -0.25) is 4.90 Å². The second kappa shape index (κ2) is 7.34. The fraction of sp³-hybridized carbons (Fsp3) is 0.444. The summed E-state index contributed by atoms with van der Waals surface area (Å²) in [7, 11) is 1.70. The van der Waals surface area contributed by atoms with Crippen molar-refractivity contribution in [1.29, 1.82) is 0 Å². The molecule has 1 fully saturated rings. The molecular formula is C18H25N3OS. The Hall–Kier alpha value is -1.56. The summed E-state index contributed by atoms with van der Waals surface area (Å²) in [6, 6.07) is 13.1. The fourth-order valence-electron chi connectivity index (χ4n) is 3.28. The number of hydrogen-bond acceptors (Lipinski definition) is 5. The van der Waals surface area contributed by atoms with E-state index in [2.05, 4.69) is 46.4 Å². The zero-order valence-electron chi connectivity index (χ0n) is 13.8. The molecule has 0 saturated carbocycles. The summed E-state index contributed by atoms with van der Waals surface area (Å²) in [5, 5.41) is 2.14. The summed E-state index contributed by atoms with van der Waals surface area (Å²) >= 11 is 1.81. The van der Waals surface area contributed by atoms with Gasteiger partial charge in [0.2, 0.25) is 0 Å². The molecule has 0 radical (unpaired) electrons. The molecule has 1 aliphatic heterocycles. The zero-order chi connectivity index (χ0) is 16.2. The van der Waals surface area contributed by atoms with Gasteiger partial charge < -0.3 is 15.4 Å². The fourth-order valence-corrected chi connectivity index (χ4v) is 4.26. The van der Waals surface area contributed by atoms with Crippen LogP contribution in [0.25, 0.3) is 0 Å². The summed E-state index contributed by atoms with van der Waals surface area (Å²) in [6.07, 6.45) is 0. The van der Waals surface area contributed by atoms with Crippen molar-refractivity contribution >= 4 is 17.0 Å². The van der Waals surface area contributed by atoms with Gasteiger partial charge in [0.1, 0.15) is 5.75 Å². The maximum atomic E-state index is 6.27. The first kappa shape index (κ1) is 16.3. The lowest BCUT2D eigenvalue weighted by Gasteiger charge is -2.41. The van der Waals surface area contributed by atoms with Crippen LogP contribution in [-0.4, -0.2) is 44.2 Å². The van der Waals surface area contributed by atoms with Gasteiger partial charge in [-0.15, -0.1) is 11.3 Å². The van der Waals surface area contributed by atoms with Crippen LogP contribution in [0.4, 0.5) is 5.69 Å². The predicted octanol–water partition coefficient (Wildman–Crippen LogP) is 2.97. The minimum Gasteiger partial charge on any atom is -0.497 e. The molecule has 1 aliphatic rings. The summed E-state index contributed by atoms with van der Waals surface area (Å²) in [5.41, 5.74) is 7.54. The number of ether oxygens (including phenoxy) is 1. The van der Waals surface area contributed by atoms with Gasteiger partial charge in [0.05, 0.1) is 13.2 Å². The number of nitrogens with two attached hydrogens (primary N) is 1. The van der Waals surface area contributed by atoms with Crippen LogP contribution in [0.3, 0.4) is 0 Å². The van der Waals surface area contributed by atoms with Crippen LogP contribution >= 0.6 is 11.3 Å². The molecule has 0 unspecified atom stereocenters. The van der Waals surface area contributed by atoms with E-state index in [9.17, 15) is 0 Å². The Morgan fingerprint density at radius 2 is 1.78 bits per heavy atom. The third-order valence-corrected chi connectivity index (χ3v) is 5.42. The van der Waals surface area contributed by atoms with Crippen molar-refractivity contribution in [1.82, 2.24) is 4.90 Å². The van der Waals surface area contributed by atoms with E-state index in [-0.39, 0.29) is 6.04 Å². The number of methoxy groups -OCH3 is 1. The largest absolute Gasteiger partial charge is 0.497 e. The maximum Gasteiger partial charge on any atom is 0.119 e. The van der Waals surface area contributed by atoms with Gasteiger partial charge >= 0.3 is 0 Å². The Morgan fingerprint density at radius 3 is 2.30 bits per heavy atom. The topological polar surface area (TPSA) is 41.7 Å². The van der Waals surface area contributed by atoms with Gasteiger partial charge in [-0.1, -0.05) is 6.07 Å². The maximum absolute atomic E-state index is 6.27. The molecule has 1 saturated heterocycles. The van der Waals surface area contributed by atoms with Crippen LogP contribution in [0, 0.1) is 0 Å². The van der Waals surface area contributed by atoms with E-state index in [1.165, 1.54) is 10.6 Å². The van der Waals surface area contributed by atoms with E-state index in [1.807, 2.05) is 12.1 Å². The van der Waals surface area contributed by atoms with Crippen molar-refractivity contribution in [2.45, 2.75) is 19.0 Å². The van der Waals surface area contributed by atoms with E-state index in [4.69, 9.17) is 10.5 Å². The number of hydrogen-bond donors (Lipinski definition) is 1. The quantitative estimate of drug-likeness (QED) is 0.914. The molecule has 4 nitrogen and oxygen atoms in total. The highest BCUT2D eigenvalue weighted by atomic mass is 32.1. The Kier molecular flexibility index (Phi) is 5.20. The average molecular weight is 331 g/mol. The number of rotatable bonds is 5. The van der Waals surface area contributed by atoms with E-state index in [0.717, 1.165) is 31.9 Å². The molecule has 0 aliphatic carbocycles. The van der Waals surface area contributed by atoms with Gasteiger partial charge in [0.25, 0.3) is 0 Å². The highest BCUT2D eigenvalue weighted by molar-refractivity contribution is 7.10. The first-order valence-electron chi connectivity index (χ1n) is 8.11. The summed E-state index contributed by atoms with van der Waals surface area (Å²) in [6.45, 7) is 6.24. The Bertz CT molecular complexity index is 589. The van der Waals surface area contributed by atoms with Crippen LogP contribution in [-0.2, 0) is 0 Å². The molecule has 124 valence electrons. The molecule has 3 rings (SSSR count). The van der Waals surface area contributed by atoms with Gasteiger partial charge in [0, 0.05) is 42.8 Å². The van der Waals surface area contributed by atoms with Crippen molar-refractivity contribution in [3.63, 3.8) is 0 Å². The number of nitrogens with zero attached hydrogens (tertiary/aromatic N) is 2. The van der Waals surface area contributed by atoms with Crippen molar-refractivity contribution in [2.24, 2.45) is 5.73 Å². The normalized spacial score (nSPS) is 18.7. The van der Waals surface area contributed by atoms with Crippen molar-refractivity contribution in [2.75, 3.05) is 38.2 Å². The monoisotopic (exact) mass is 331 g/mol. The average Bonchev–Trinajstić information content (AvgIpc) is 3.09. The molecule has 5 heteroatoms. The SMILES string of the molecule is COc1ccc(N2CCN([C@@H](c3cccs3)[C@@H](C)N)CC2)cc1. The van der Waals surface area contributed by atoms with Crippen LogP contribution in [0.5, 0.6) is 5.75 Å². The molecule has 2 atom stereocenters.